The number of benzene rings is 2. The highest BCUT2D eigenvalue weighted by atomic mass is 14.8. The van der Waals surface area contributed by atoms with Crippen LogP contribution in [0.3, 0.4) is 0 Å². The predicted octanol–water partition coefficient (Wildman–Crippen LogP) is 5.99. The van der Waals surface area contributed by atoms with Crippen LogP contribution in [0.2, 0.25) is 0 Å². The molecule has 0 heterocycles. The molecule has 25 heavy (non-hydrogen) atoms. The van der Waals surface area contributed by atoms with Gasteiger partial charge in [-0.2, -0.15) is 0 Å². The average Bonchev–Trinajstić information content (AvgIpc) is 2.66. The highest BCUT2D eigenvalue weighted by Crippen LogP contribution is 2.60. The number of nitrogens with zero attached hydrogens (tertiary/aromatic N) is 1. The maximum atomic E-state index is 4.68. The molecular formula is C23H24N2. The molecule has 0 saturated heterocycles. The van der Waals surface area contributed by atoms with Crippen molar-refractivity contribution in [2.45, 2.75) is 20.3 Å². The molecule has 0 aliphatic heterocycles. The van der Waals surface area contributed by atoms with E-state index in [1.165, 1.54) is 17.6 Å². The zero-order valence-electron chi connectivity index (χ0n) is 14.8. The molecule has 0 amide bonds. The Morgan fingerprint density at radius 2 is 1.64 bits per heavy atom. The lowest BCUT2D eigenvalue weighted by molar-refractivity contribution is 0.0285. The maximum absolute atomic E-state index is 4.68. The Hall–Kier alpha value is -2.61. The van der Waals surface area contributed by atoms with Crippen LogP contribution in [-0.2, 0) is 0 Å². The van der Waals surface area contributed by atoms with E-state index in [0.29, 0.717) is 17.3 Å². The van der Waals surface area contributed by atoms with E-state index < -0.39 is 0 Å². The van der Waals surface area contributed by atoms with Crippen molar-refractivity contribution in [2.24, 2.45) is 22.2 Å². The highest BCUT2D eigenvalue weighted by molar-refractivity contribution is 5.84. The molecule has 126 valence electrons. The molecule has 2 aromatic carbocycles. The number of fused-ring (bicyclic) bond motifs is 1. The number of hydrogen-bond donors (Lipinski definition) is 1. The monoisotopic (exact) mass is 328 g/mol. The summed E-state index contributed by atoms with van der Waals surface area (Å²) in [6.07, 6.45) is 7.79. The minimum atomic E-state index is 0.303. The molecule has 2 atom stereocenters. The van der Waals surface area contributed by atoms with Gasteiger partial charge in [0.1, 0.15) is 0 Å². The lowest BCUT2D eigenvalue weighted by atomic mass is 9.47. The minimum absolute atomic E-state index is 0.303. The van der Waals surface area contributed by atoms with Crippen LogP contribution in [0.4, 0.5) is 11.4 Å². The molecule has 0 aromatic heterocycles. The number of hydrogen-bond acceptors (Lipinski definition) is 2. The standard InChI is InChI=1S/C23H24N2/c1-23(2)21-14-22(23)18(16-25-20-11-7-4-8-12-20)13-17(21)15-24-19-9-5-3-6-10-19/h3-13,15-16,21-22,24H,14H2,1-2H3/b17-15-,25-16+. The fourth-order valence-electron chi connectivity index (χ4n) is 4.08. The van der Waals surface area contributed by atoms with Crippen molar-refractivity contribution in [3.63, 3.8) is 0 Å². The third kappa shape index (κ3) is 3.05. The van der Waals surface area contributed by atoms with Crippen molar-refractivity contribution in [2.75, 3.05) is 5.32 Å². The number of anilines is 1. The molecule has 2 unspecified atom stereocenters. The first-order valence-corrected chi connectivity index (χ1v) is 8.97. The van der Waals surface area contributed by atoms with Gasteiger partial charge in [0.05, 0.1) is 5.69 Å². The molecule has 2 bridgehead atoms. The summed E-state index contributed by atoms with van der Waals surface area (Å²) in [6.45, 7) is 4.76. The van der Waals surface area contributed by atoms with Crippen molar-refractivity contribution >= 4 is 17.6 Å². The molecule has 5 rings (SSSR count). The van der Waals surface area contributed by atoms with Crippen LogP contribution in [0.25, 0.3) is 0 Å². The van der Waals surface area contributed by atoms with Gasteiger partial charge in [-0.15, -0.1) is 0 Å². The Kier molecular flexibility index (Phi) is 4.04. The van der Waals surface area contributed by atoms with E-state index >= 15 is 0 Å². The summed E-state index contributed by atoms with van der Waals surface area (Å²) in [4.78, 5) is 4.68. The Balaban J connectivity index is 1.60. The highest BCUT2D eigenvalue weighted by Gasteiger charge is 2.52. The summed E-state index contributed by atoms with van der Waals surface area (Å²) in [7, 11) is 0. The fourth-order valence-corrected chi connectivity index (χ4v) is 4.08. The molecule has 1 N–H and O–H groups in total. The zero-order chi connectivity index (χ0) is 17.3. The Morgan fingerprint density at radius 3 is 2.32 bits per heavy atom. The van der Waals surface area contributed by atoms with E-state index in [0.717, 1.165) is 11.4 Å². The van der Waals surface area contributed by atoms with Crippen LogP contribution < -0.4 is 5.32 Å². The SMILES string of the molecule is CC1(C)C2CC1/C(=C\Nc1ccccc1)C=C2/C=N/c1ccccc1. The predicted molar refractivity (Wildman–Crippen MR) is 106 cm³/mol. The Bertz CT molecular complexity index is 829. The first-order valence-electron chi connectivity index (χ1n) is 8.97. The van der Waals surface area contributed by atoms with Gasteiger partial charge >= 0.3 is 0 Å². The Morgan fingerprint density at radius 1 is 0.960 bits per heavy atom. The van der Waals surface area contributed by atoms with Gasteiger partial charge in [0.2, 0.25) is 0 Å². The van der Waals surface area contributed by atoms with Crippen LogP contribution in [0.15, 0.2) is 89.1 Å². The normalized spacial score (nSPS) is 25.5. The summed E-state index contributed by atoms with van der Waals surface area (Å²) in [5, 5.41) is 3.45. The zero-order valence-corrected chi connectivity index (χ0v) is 14.8. The smallest absolute Gasteiger partial charge is 0.0629 e. The van der Waals surface area contributed by atoms with Gasteiger partial charge in [-0.05, 0) is 59.1 Å². The van der Waals surface area contributed by atoms with Crippen LogP contribution in [0, 0.1) is 17.3 Å². The van der Waals surface area contributed by atoms with Crippen LogP contribution in [-0.4, -0.2) is 6.21 Å². The summed E-state index contributed by atoms with van der Waals surface area (Å²) >= 11 is 0. The summed E-state index contributed by atoms with van der Waals surface area (Å²) in [5.41, 5.74) is 5.16. The summed E-state index contributed by atoms with van der Waals surface area (Å²) < 4.78 is 0. The summed E-state index contributed by atoms with van der Waals surface area (Å²) in [5.74, 6) is 1.24. The number of aliphatic imine (C=N–C) groups is 1. The van der Waals surface area contributed by atoms with Crippen molar-refractivity contribution in [3.8, 4) is 0 Å². The first kappa shape index (κ1) is 15.9. The fraction of sp³-hybridized carbons (Fsp3) is 0.261. The lowest BCUT2D eigenvalue weighted by Gasteiger charge is -2.56. The van der Waals surface area contributed by atoms with Gasteiger partial charge < -0.3 is 5.32 Å². The minimum Gasteiger partial charge on any atom is -0.361 e. The third-order valence-electron chi connectivity index (χ3n) is 5.70. The molecular weight excluding hydrogens is 304 g/mol. The summed E-state index contributed by atoms with van der Waals surface area (Å²) in [6, 6.07) is 20.5. The van der Waals surface area contributed by atoms with Gasteiger partial charge in [0.15, 0.2) is 0 Å². The van der Waals surface area contributed by atoms with Gasteiger partial charge in [-0.1, -0.05) is 56.3 Å². The molecule has 0 radical (unpaired) electrons. The van der Waals surface area contributed by atoms with E-state index in [4.69, 9.17) is 0 Å². The van der Waals surface area contributed by atoms with E-state index in [9.17, 15) is 0 Å². The van der Waals surface area contributed by atoms with Gasteiger partial charge in [0.25, 0.3) is 0 Å². The van der Waals surface area contributed by atoms with E-state index in [1.807, 2.05) is 36.4 Å². The van der Waals surface area contributed by atoms with E-state index in [-0.39, 0.29) is 0 Å². The van der Waals surface area contributed by atoms with Crippen molar-refractivity contribution in [1.29, 1.82) is 0 Å². The van der Waals surface area contributed by atoms with Crippen molar-refractivity contribution < 1.29 is 0 Å². The lowest BCUT2D eigenvalue weighted by Crippen LogP contribution is -2.49. The van der Waals surface area contributed by atoms with Gasteiger partial charge in [0, 0.05) is 18.1 Å². The van der Waals surface area contributed by atoms with Crippen LogP contribution >= 0.6 is 0 Å². The molecule has 2 aromatic rings. The molecule has 3 aliphatic carbocycles. The average molecular weight is 328 g/mol. The number of rotatable bonds is 4. The van der Waals surface area contributed by atoms with Crippen molar-refractivity contribution in [3.05, 3.63) is 84.1 Å². The maximum Gasteiger partial charge on any atom is 0.0629 e. The van der Waals surface area contributed by atoms with Gasteiger partial charge in [-0.3, -0.25) is 4.99 Å². The topological polar surface area (TPSA) is 24.4 Å². The number of para-hydroxylation sites is 2. The molecule has 0 spiro atoms. The molecule has 2 nitrogen and oxygen atoms in total. The number of nitrogens with one attached hydrogen (secondary N) is 1. The molecule has 1 fully saturated rings. The van der Waals surface area contributed by atoms with E-state index in [2.05, 4.69) is 66.9 Å². The largest absolute Gasteiger partial charge is 0.361 e. The van der Waals surface area contributed by atoms with Gasteiger partial charge in [-0.25, -0.2) is 0 Å². The molecule has 1 saturated carbocycles. The number of allylic oxidation sites excluding steroid dienone is 3. The quantitative estimate of drug-likeness (QED) is 0.685. The molecule has 3 aliphatic rings. The van der Waals surface area contributed by atoms with Crippen LogP contribution in [0.5, 0.6) is 0 Å². The third-order valence-corrected chi connectivity index (χ3v) is 5.70. The first-order chi connectivity index (χ1) is 12.1. The second-order valence-corrected chi connectivity index (χ2v) is 7.56. The second kappa shape index (κ2) is 6.36. The van der Waals surface area contributed by atoms with Crippen molar-refractivity contribution in [1.82, 2.24) is 0 Å². The molecule has 2 heteroatoms. The van der Waals surface area contributed by atoms with E-state index in [1.54, 1.807) is 0 Å². The Labute approximate surface area is 150 Å². The van der Waals surface area contributed by atoms with Crippen LogP contribution in [0.1, 0.15) is 20.3 Å². The second-order valence-electron chi connectivity index (χ2n) is 7.56.